The molecule has 0 bridgehead atoms. The van der Waals surface area contributed by atoms with Gasteiger partial charge in [0.25, 0.3) is 0 Å². The minimum absolute atomic E-state index is 0.0230. The van der Waals surface area contributed by atoms with Gasteiger partial charge in [0.05, 0.1) is 73.2 Å². The third-order valence-electron chi connectivity index (χ3n) is 14.2. The molecule has 0 N–H and O–H groups in total. The van der Waals surface area contributed by atoms with Crippen LogP contribution < -0.4 is 0 Å². The Morgan fingerprint density at radius 2 is 0.900 bits per heavy atom. The van der Waals surface area contributed by atoms with Gasteiger partial charge in [-0.25, -0.2) is 4.98 Å². The molecular formula is C64H38F12N4. The molecule has 80 heavy (non-hydrogen) atoms. The molecule has 4 nitrogen and oxygen atoms in total. The zero-order valence-electron chi connectivity index (χ0n) is 41.8. The van der Waals surface area contributed by atoms with E-state index < -0.39 is 58.1 Å². The Balaban J connectivity index is 1.23. The Morgan fingerprint density at radius 1 is 0.425 bits per heavy atom. The second-order valence-electron chi connectivity index (χ2n) is 19.0. The van der Waals surface area contributed by atoms with Crippen LogP contribution in [0, 0.1) is 18.3 Å². The molecule has 0 aliphatic heterocycles. The summed E-state index contributed by atoms with van der Waals surface area (Å²) in [6.07, 6.45) is -16.9. The number of pyridine rings is 1. The molecule has 0 radical (unpaired) electrons. The highest BCUT2D eigenvalue weighted by Crippen LogP contribution is 2.47. The number of para-hydroxylation sites is 1. The Bertz CT molecular complexity index is 4270. The van der Waals surface area contributed by atoms with Gasteiger partial charge in [-0.1, -0.05) is 109 Å². The Kier molecular flexibility index (Phi) is 12.9. The van der Waals surface area contributed by atoms with Crippen molar-refractivity contribution < 1.29 is 52.7 Å². The maximum Gasteiger partial charge on any atom is 0.417 e. The number of nitriles is 1. The van der Waals surface area contributed by atoms with Gasteiger partial charge in [-0.2, -0.15) is 57.9 Å². The smallest absolute Gasteiger partial charge is 0.307 e. The van der Waals surface area contributed by atoms with Gasteiger partial charge in [-0.3, -0.25) is 0 Å². The quantitative estimate of drug-likeness (QED) is 0.142. The normalized spacial score (nSPS) is 12.6. The number of hydrogen-bond acceptors (Lipinski definition) is 2. The summed E-state index contributed by atoms with van der Waals surface area (Å²) in [6.45, 7) is 3.51. The predicted molar refractivity (Wildman–Crippen MR) is 287 cm³/mol. The molecular weight excluding hydrogens is 1050 g/mol. The van der Waals surface area contributed by atoms with Crippen molar-refractivity contribution in [3.63, 3.8) is 0 Å². The molecule has 0 saturated heterocycles. The van der Waals surface area contributed by atoms with Gasteiger partial charge in [-0.15, -0.1) is 0 Å². The topological polar surface area (TPSA) is 46.5 Å². The first-order valence-electron chi connectivity index (χ1n) is 24.6. The number of halogens is 12. The second-order valence-corrected chi connectivity index (χ2v) is 19.0. The Labute approximate surface area is 448 Å². The number of alkyl halides is 12. The van der Waals surface area contributed by atoms with Crippen LogP contribution in [0.2, 0.25) is 0 Å². The number of nitrogens with zero attached hydrogens (tertiary/aromatic N) is 4. The Hall–Kier alpha value is -9.36. The van der Waals surface area contributed by atoms with Gasteiger partial charge >= 0.3 is 24.7 Å². The second kappa shape index (κ2) is 19.5. The summed E-state index contributed by atoms with van der Waals surface area (Å²) in [4.78, 5) is 5.04. The van der Waals surface area contributed by atoms with E-state index in [0.29, 0.717) is 90.0 Å². The largest absolute Gasteiger partial charge is 0.417 e. The molecule has 0 fully saturated rings. The van der Waals surface area contributed by atoms with Crippen molar-refractivity contribution in [2.24, 2.45) is 0 Å². The lowest BCUT2D eigenvalue weighted by Gasteiger charge is -2.21. The van der Waals surface area contributed by atoms with Crippen molar-refractivity contribution in [1.82, 2.24) is 14.1 Å². The van der Waals surface area contributed by atoms with Gasteiger partial charge in [0.1, 0.15) is 0 Å². The van der Waals surface area contributed by atoms with Gasteiger partial charge in [0, 0.05) is 38.5 Å². The lowest BCUT2D eigenvalue weighted by Crippen LogP contribution is -2.12. The number of rotatable bonds is 8. The van der Waals surface area contributed by atoms with Crippen molar-refractivity contribution in [2.45, 2.75) is 38.6 Å². The van der Waals surface area contributed by atoms with E-state index >= 15 is 0 Å². The van der Waals surface area contributed by atoms with Crippen LogP contribution >= 0.6 is 0 Å². The first-order valence-corrected chi connectivity index (χ1v) is 24.6. The van der Waals surface area contributed by atoms with E-state index in [1.165, 1.54) is 24.3 Å². The zero-order chi connectivity index (χ0) is 56.6. The van der Waals surface area contributed by atoms with Crippen LogP contribution in [0.1, 0.15) is 46.0 Å². The molecule has 11 aromatic rings. The average Bonchev–Trinajstić information content (AvgIpc) is 4.16. The number of allylic oxidation sites excluding steroid dienone is 1. The van der Waals surface area contributed by atoms with E-state index in [9.17, 15) is 57.9 Å². The summed E-state index contributed by atoms with van der Waals surface area (Å²) >= 11 is 0. The lowest BCUT2D eigenvalue weighted by molar-refractivity contribution is -0.144. The fraction of sp³-hybridized carbons (Fsp3) is 0.0938. The highest BCUT2D eigenvalue weighted by molar-refractivity contribution is 6.11. The van der Waals surface area contributed by atoms with Crippen molar-refractivity contribution in [1.29, 1.82) is 5.26 Å². The third-order valence-corrected chi connectivity index (χ3v) is 14.2. The molecule has 3 heterocycles. The fourth-order valence-corrected chi connectivity index (χ4v) is 10.5. The molecule has 3 aromatic heterocycles. The molecule has 0 saturated carbocycles. The third kappa shape index (κ3) is 9.41. The molecule has 0 unspecified atom stereocenters. The standard InChI is InChI=1S/C64H38F12N4/c1-3-12-55-36(2)48-27-39(45-23-21-43(61(65,66)67)32-51(45)63(71,72)73)19-25-57(48)79(55)60-34-49(41-29-53(37-13-6-4-7-14-37)78-54(30-41)38-15-8-5-9-16-38)42(35-77)31-59(60)80-56-18-11-10-17-47(56)50-28-40(20-26-58(50)80)46-24-22-44(62(68,69)70)33-52(46)64(74,75)76/h3-34H,1-2H3/b12-3-. The summed E-state index contributed by atoms with van der Waals surface area (Å²) in [5, 5.41) is 12.6. The molecule has 8 aromatic carbocycles. The first-order chi connectivity index (χ1) is 38.0. The van der Waals surface area contributed by atoms with Crippen LogP contribution in [0.3, 0.4) is 0 Å². The van der Waals surface area contributed by atoms with Gasteiger partial charge < -0.3 is 9.13 Å². The van der Waals surface area contributed by atoms with E-state index in [4.69, 9.17) is 4.98 Å². The van der Waals surface area contributed by atoms with Crippen molar-refractivity contribution in [2.75, 3.05) is 0 Å². The summed E-state index contributed by atoms with van der Waals surface area (Å²) in [6, 6.07) is 47.0. The van der Waals surface area contributed by atoms with E-state index in [0.717, 1.165) is 23.3 Å². The van der Waals surface area contributed by atoms with E-state index in [-0.39, 0.29) is 28.8 Å². The van der Waals surface area contributed by atoms with E-state index in [1.54, 1.807) is 74.5 Å². The van der Waals surface area contributed by atoms with Crippen molar-refractivity contribution in [3.05, 3.63) is 227 Å². The predicted octanol–water partition coefficient (Wildman–Crippen LogP) is 19.7. The molecule has 0 aliphatic carbocycles. The molecule has 0 amide bonds. The fourth-order valence-electron chi connectivity index (χ4n) is 10.5. The average molecular weight is 1090 g/mol. The molecule has 0 aliphatic rings. The van der Waals surface area contributed by atoms with Crippen LogP contribution in [0.25, 0.3) is 106 Å². The highest BCUT2D eigenvalue weighted by atomic mass is 19.4. The first kappa shape index (κ1) is 52.7. The maximum absolute atomic E-state index is 14.7. The minimum atomic E-state index is -5.18. The molecule has 398 valence electrons. The molecule has 16 heteroatoms. The van der Waals surface area contributed by atoms with Crippen molar-refractivity contribution >= 4 is 38.8 Å². The monoisotopic (exact) mass is 1090 g/mol. The number of hydrogen-bond donors (Lipinski definition) is 0. The van der Waals surface area contributed by atoms with Crippen LogP contribution in [-0.2, 0) is 24.7 Å². The van der Waals surface area contributed by atoms with Gasteiger partial charge in [0.15, 0.2) is 0 Å². The summed E-state index contributed by atoms with van der Waals surface area (Å²) < 4.78 is 175. The summed E-state index contributed by atoms with van der Waals surface area (Å²) in [5.41, 5.74) is 0.0810. The van der Waals surface area contributed by atoms with Gasteiger partial charge in [0.2, 0.25) is 0 Å². The Morgan fingerprint density at radius 3 is 1.40 bits per heavy atom. The van der Waals surface area contributed by atoms with Crippen LogP contribution in [-0.4, -0.2) is 14.1 Å². The molecule has 0 spiro atoms. The zero-order valence-corrected chi connectivity index (χ0v) is 41.8. The lowest BCUT2D eigenvalue weighted by atomic mass is 9.95. The maximum atomic E-state index is 14.7. The minimum Gasteiger partial charge on any atom is -0.307 e. The molecule has 11 rings (SSSR count). The summed E-state index contributed by atoms with van der Waals surface area (Å²) in [7, 11) is 0. The molecule has 0 atom stereocenters. The van der Waals surface area contributed by atoms with Gasteiger partial charge in [-0.05, 0) is 132 Å². The highest BCUT2D eigenvalue weighted by Gasteiger charge is 2.40. The van der Waals surface area contributed by atoms with Crippen LogP contribution in [0.4, 0.5) is 52.7 Å². The van der Waals surface area contributed by atoms with E-state index in [1.807, 2.05) is 81.9 Å². The number of aromatic nitrogens is 3. The van der Waals surface area contributed by atoms with Crippen LogP contribution in [0.5, 0.6) is 0 Å². The number of fused-ring (bicyclic) bond motifs is 4. The SMILES string of the molecule is C/C=C\c1c(C)c2cc(-c3ccc(C(F)(F)F)cc3C(F)(F)F)ccc2n1-c1cc(-c2cc(-c3ccccc3)nc(-c3ccccc3)c2)c(C#N)cc1-n1c2ccccc2c2cc(-c3ccc(C(F)(F)F)cc3C(F)(F)F)ccc21. The number of aryl methyl sites for hydroxylation is 1. The van der Waals surface area contributed by atoms with Crippen LogP contribution in [0.15, 0.2) is 188 Å². The number of benzene rings is 8. The van der Waals surface area contributed by atoms with E-state index in [2.05, 4.69) is 6.07 Å². The van der Waals surface area contributed by atoms with Crippen molar-refractivity contribution in [3.8, 4) is 73.3 Å². The summed E-state index contributed by atoms with van der Waals surface area (Å²) in [5.74, 6) is 0.